The Hall–Kier alpha value is -0.0400. The highest BCUT2D eigenvalue weighted by Gasteiger charge is 2.39. The lowest BCUT2D eigenvalue weighted by Crippen LogP contribution is -2.49. The predicted octanol–water partition coefficient (Wildman–Crippen LogP) is 4.37. The van der Waals surface area contributed by atoms with Gasteiger partial charge in [-0.15, -0.1) is 0 Å². The van der Waals surface area contributed by atoms with Crippen molar-refractivity contribution in [3.05, 3.63) is 0 Å². The van der Waals surface area contributed by atoms with Crippen molar-refractivity contribution < 1.29 is 0 Å². The zero-order valence-electron chi connectivity index (χ0n) is 12.5. The van der Waals surface area contributed by atoms with Gasteiger partial charge >= 0.3 is 0 Å². The summed E-state index contributed by atoms with van der Waals surface area (Å²) in [6, 6.07) is 1.47. The van der Waals surface area contributed by atoms with Gasteiger partial charge in [-0.25, -0.2) is 0 Å². The fraction of sp³-hybridized carbons (Fsp3) is 1.00. The second-order valence-corrected chi connectivity index (χ2v) is 8.26. The molecule has 2 saturated carbocycles. The fourth-order valence-corrected chi connectivity index (χ4v) is 4.41. The lowest BCUT2D eigenvalue weighted by molar-refractivity contribution is 0.0728. The van der Waals surface area contributed by atoms with E-state index in [1.54, 1.807) is 0 Å². The molecule has 0 saturated heterocycles. The second kappa shape index (κ2) is 4.57. The van der Waals surface area contributed by atoms with E-state index in [9.17, 15) is 0 Å². The van der Waals surface area contributed by atoms with E-state index in [1.165, 1.54) is 38.5 Å². The molecule has 100 valence electrons. The van der Waals surface area contributed by atoms with Gasteiger partial charge in [-0.1, -0.05) is 34.1 Å². The van der Waals surface area contributed by atoms with E-state index in [0.29, 0.717) is 10.8 Å². The summed E-state index contributed by atoms with van der Waals surface area (Å²) < 4.78 is 0. The van der Waals surface area contributed by atoms with Gasteiger partial charge in [0.25, 0.3) is 0 Å². The third-order valence-corrected chi connectivity index (χ3v) is 4.91. The first-order chi connectivity index (χ1) is 7.77. The van der Waals surface area contributed by atoms with Crippen molar-refractivity contribution in [1.82, 2.24) is 5.32 Å². The maximum Gasteiger partial charge on any atom is 0.00798 e. The molecule has 2 aliphatic rings. The Kier molecular flexibility index (Phi) is 3.60. The molecule has 0 spiro atoms. The van der Waals surface area contributed by atoms with Crippen LogP contribution in [0, 0.1) is 16.7 Å². The van der Waals surface area contributed by atoms with Gasteiger partial charge < -0.3 is 5.32 Å². The first-order valence-electron chi connectivity index (χ1n) is 7.54. The van der Waals surface area contributed by atoms with Gasteiger partial charge in [0.2, 0.25) is 0 Å². The van der Waals surface area contributed by atoms with Gasteiger partial charge in [-0.2, -0.15) is 0 Å². The Balaban J connectivity index is 1.91. The molecule has 17 heavy (non-hydrogen) atoms. The summed E-state index contributed by atoms with van der Waals surface area (Å²) in [7, 11) is 0. The highest BCUT2D eigenvalue weighted by molar-refractivity contribution is 4.94. The minimum atomic E-state index is 0.513. The van der Waals surface area contributed by atoms with E-state index in [2.05, 4.69) is 39.9 Å². The molecule has 0 amide bonds. The molecule has 1 atom stereocenters. The zero-order valence-corrected chi connectivity index (χ0v) is 12.5. The fourth-order valence-electron chi connectivity index (χ4n) is 4.41. The maximum absolute atomic E-state index is 3.93. The summed E-state index contributed by atoms with van der Waals surface area (Å²) in [4.78, 5) is 0. The van der Waals surface area contributed by atoms with Crippen molar-refractivity contribution in [2.75, 3.05) is 0 Å². The van der Waals surface area contributed by atoms with Gasteiger partial charge in [0.05, 0.1) is 0 Å². The van der Waals surface area contributed by atoms with Crippen LogP contribution < -0.4 is 5.32 Å². The Labute approximate surface area is 108 Å². The number of nitrogens with one attached hydrogen (secondary N) is 1. The van der Waals surface area contributed by atoms with E-state index in [4.69, 9.17) is 0 Å². The van der Waals surface area contributed by atoms with Crippen LogP contribution in [0.15, 0.2) is 0 Å². The molecule has 0 bridgehead atoms. The first-order valence-corrected chi connectivity index (χ1v) is 7.54. The van der Waals surface area contributed by atoms with Gasteiger partial charge in [0.15, 0.2) is 0 Å². The molecule has 0 aromatic heterocycles. The van der Waals surface area contributed by atoms with Crippen molar-refractivity contribution >= 4 is 0 Å². The molecule has 1 nitrogen and oxygen atoms in total. The standard InChI is InChI=1S/C16H31N/c1-12(13-7-6-8-13)17-14-9-15(2,3)11-16(4,5)10-14/h12-14,17H,6-11H2,1-5H3. The Morgan fingerprint density at radius 2 is 1.53 bits per heavy atom. The molecule has 2 aliphatic carbocycles. The summed E-state index contributed by atoms with van der Waals surface area (Å²) >= 11 is 0. The average Bonchev–Trinajstić information content (AvgIpc) is 1.91. The lowest BCUT2D eigenvalue weighted by Gasteiger charge is -2.47. The third-order valence-electron chi connectivity index (χ3n) is 4.91. The van der Waals surface area contributed by atoms with Crippen LogP contribution in [0.4, 0.5) is 0 Å². The normalized spacial score (nSPS) is 30.9. The molecule has 0 radical (unpaired) electrons. The average molecular weight is 237 g/mol. The molecule has 0 aromatic rings. The van der Waals surface area contributed by atoms with Crippen LogP contribution in [-0.2, 0) is 0 Å². The number of hydrogen-bond acceptors (Lipinski definition) is 1. The number of hydrogen-bond donors (Lipinski definition) is 1. The monoisotopic (exact) mass is 237 g/mol. The minimum Gasteiger partial charge on any atom is -0.311 e. The summed E-state index contributed by atoms with van der Waals surface area (Å²) in [5.74, 6) is 0.961. The molecule has 1 heteroatoms. The van der Waals surface area contributed by atoms with Crippen LogP contribution in [0.25, 0.3) is 0 Å². The lowest BCUT2D eigenvalue weighted by atomic mass is 9.63. The van der Waals surface area contributed by atoms with Crippen molar-refractivity contribution in [1.29, 1.82) is 0 Å². The Bertz CT molecular complexity index is 247. The van der Waals surface area contributed by atoms with E-state index in [1.807, 2.05) is 0 Å². The van der Waals surface area contributed by atoms with Crippen LogP contribution in [-0.4, -0.2) is 12.1 Å². The van der Waals surface area contributed by atoms with Crippen LogP contribution >= 0.6 is 0 Å². The highest BCUT2D eigenvalue weighted by Crippen LogP contribution is 2.46. The van der Waals surface area contributed by atoms with Crippen LogP contribution in [0.5, 0.6) is 0 Å². The van der Waals surface area contributed by atoms with E-state index in [-0.39, 0.29) is 0 Å². The number of rotatable bonds is 3. The molecular weight excluding hydrogens is 206 g/mol. The first kappa shape index (κ1) is 13.4. The predicted molar refractivity (Wildman–Crippen MR) is 75.1 cm³/mol. The molecule has 0 aliphatic heterocycles. The molecule has 0 aromatic carbocycles. The van der Waals surface area contributed by atoms with E-state index < -0.39 is 0 Å². The van der Waals surface area contributed by atoms with Crippen LogP contribution in [0.2, 0.25) is 0 Å². The smallest absolute Gasteiger partial charge is 0.00798 e. The quantitative estimate of drug-likeness (QED) is 0.768. The topological polar surface area (TPSA) is 12.0 Å². The molecule has 2 fully saturated rings. The van der Waals surface area contributed by atoms with Gasteiger partial charge in [0.1, 0.15) is 0 Å². The highest BCUT2D eigenvalue weighted by atomic mass is 15.0. The van der Waals surface area contributed by atoms with Gasteiger partial charge in [-0.05, 0) is 55.8 Å². The minimum absolute atomic E-state index is 0.513. The molecular formula is C16H31N. The van der Waals surface area contributed by atoms with Crippen molar-refractivity contribution in [2.45, 2.75) is 85.2 Å². The van der Waals surface area contributed by atoms with Crippen LogP contribution in [0.3, 0.4) is 0 Å². The van der Waals surface area contributed by atoms with E-state index in [0.717, 1.165) is 18.0 Å². The Morgan fingerprint density at radius 3 is 1.94 bits per heavy atom. The van der Waals surface area contributed by atoms with Gasteiger partial charge in [-0.3, -0.25) is 0 Å². The van der Waals surface area contributed by atoms with Crippen molar-refractivity contribution in [3.8, 4) is 0 Å². The molecule has 1 unspecified atom stereocenters. The van der Waals surface area contributed by atoms with Crippen molar-refractivity contribution in [3.63, 3.8) is 0 Å². The van der Waals surface area contributed by atoms with Crippen LogP contribution in [0.1, 0.15) is 73.1 Å². The van der Waals surface area contributed by atoms with Crippen molar-refractivity contribution in [2.24, 2.45) is 16.7 Å². The summed E-state index contributed by atoms with van der Waals surface area (Å²) in [6.07, 6.45) is 8.44. The molecule has 2 rings (SSSR count). The molecule has 0 heterocycles. The SMILES string of the molecule is CC(NC1CC(C)(C)CC(C)(C)C1)C1CCC1. The third kappa shape index (κ3) is 3.47. The molecule has 1 N–H and O–H groups in total. The van der Waals surface area contributed by atoms with Gasteiger partial charge in [0, 0.05) is 12.1 Å². The Morgan fingerprint density at radius 1 is 1.00 bits per heavy atom. The largest absolute Gasteiger partial charge is 0.311 e. The summed E-state index contributed by atoms with van der Waals surface area (Å²) in [6.45, 7) is 12.2. The second-order valence-electron chi connectivity index (χ2n) is 8.26. The summed E-state index contributed by atoms with van der Waals surface area (Å²) in [5, 5.41) is 3.93. The maximum atomic E-state index is 3.93. The zero-order chi connectivity index (χ0) is 12.7. The summed E-state index contributed by atoms with van der Waals surface area (Å²) in [5.41, 5.74) is 1.03. The van der Waals surface area contributed by atoms with E-state index >= 15 is 0 Å².